The summed E-state index contributed by atoms with van der Waals surface area (Å²) in [5, 5.41) is 1.50. The van der Waals surface area contributed by atoms with E-state index in [1.54, 1.807) is 49.3 Å². The van der Waals surface area contributed by atoms with Gasteiger partial charge in [0, 0.05) is 19.1 Å². The summed E-state index contributed by atoms with van der Waals surface area (Å²) < 4.78 is 40.3. The average Bonchev–Trinajstić information content (AvgIpc) is 2.60. The lowest BCUT2D eigenvalue weighted by Gasteiger charge is -2.21. The van der Waals surface area contributed by atoms with Crippen LogP contribution in [0.2, 0.25) is 5.02 Å². The minimum Gasteiger partial charge on any atom is -0.364 e. The summed E-state index contributed by atoms with van der Waals surface area (Å²) in [4.78, 5) is 14.5. The molecule has 2 rings (SSSR count). The zero-order valence-corrected chi connectivity index (χ0v) is 16.8. The molecule has 2 aromatic rings. The maximum absolute atomic E-state index is 13.3. The van der Waals surface area contributed by atoms with Gasteiger partial charge in [-0.1, -0.05) is 65.9 Å². The van der Waals surface area contributed by atoms with Crippen LogP contribution in [0.4, 0.5) is 18.9 Å². The van der Waals surface area contributed by atoms with Gasteiger partial charge < -0.3 is 10.2 Å². The van der Waals surface area contributed by atoms with Gasteiger partial charge in [-0.2, -0.15) is 13.2 Å². The van der Waals surface area contributed by atoms with Crippen LogP contribution in [-0.2, 0) is 11.0 Å². The molecule has 0 saturated carbocycles. The number of carbonyl (C=O) groups is 1. The van der Waals surface area contributed by atoms with Gasteiger partial charge >= 0.3 is 6.18 Å². The Morgan fingerprint density at radius 1 is 1.19 bits per heavy atom. The fraction of sp³-hybridized carbons (Fsp3) is 0.222. The van der Waals surface area contributed by atoms with E-state index in [2.05, 4.69) is 5.32 Å². The highest BCUT2D eigenvalue weighted by Gasteiger charge is 2.35. The molecule has 0 unspecified atom stereocenters. The highest BCUT2D eigenvalue weighted by molar-refractivity contribution is 8.23. The first-order valence-corrected chi connectivity index (χ1v) is 9.36. The first kappa shape index (κ1) is 21.5. The van der Waals surface area contributed by atoms with Crippen molar-refractivity contribution >= 4 is 51.5 Å². The highest BCUT2D eigenvalue weighted by Crippen LogP contribution is 2.38. The summed E-state index contributed by atoms with van der Waals surface area (Å²) in [7, 11) is 3.46. The number of hydrogen-bond donors (Lipinski definition) is 1. The Morgan fingerprint density at radius 3 is 2.37 bits per heavy atom. The number of amides is 1. The first-order chi connectivity index (χ1) is 12.6. The maximum Gasteiger partial charge on any atom is 0.418 e. The SMILES string of the molecule is CN(C)C(=S)S[C@H](C(=O)Nc1ccc(Cl)cc1C(F)(F)F)c1ccccc1. The molecule has 0 bridgehead atoms. The lowest BCUT2D eigenvalue weighted by molar-refractivity contribution is -0.137. The quantitative estimate of drug-likeness (QED) is 0.636. The predicted molar refractivity (Wildman–Crippen MR) is 108 cm³/mol. The van der Waals surface area contributed by atoms with E-state index in [9.17, 15) is 18.0 Å². The molecule has 2 aromatic carbocycles. The second-order valence-electron chi connectivity index (χ2n) is 5.75. The Kier molecular flexibility index (Phi) is 7.13. The Hall–Kier alpha value is -1.77. The van der Waals surface area contributed by atoms with Gasteiger partial charge in [-0.25, -0.2) is 0 Å². The second kappa shape index (κ2) is 8.95. The standard InChI is InChI=1S/C18H16ClF3N2OS2/c1-24(2)17(26)27-15(11-6-4-3-5-7-11)16(25)23-14-9-8-12(19)10-13(14)18(20,21)22/h3-10,15H,1-2H3,(H,23,25)/t15-/m0/s1. The van der Waals surface area contributed by atoms with Crippen molar-refractivity contribution < 1.29 is 18.0 Å². The summed E-state index contributed by atoms with van der Waals surface area (Å²) in [6.07, 6.45) is -4.65. The summed E-state index contributed by atoms with van der Waals surface area (Å²) in [6.45, 7) is 0. The summed E-state index contributed by atoms with van der Waals surface area (Å²) in [5.74, 6) is -0.608. The number of rotatable bonds is 4. The van der Waals surface area contributed by atoms with E-state index < -0.39 is 22.9 Å². The van der Waals surface area contributed by atoms with E-state index in [-0.39, 0.29) is 10.7 Å². The van der Waals surface area contributed by atoms with Gasteiger partial charge in [0.05, 0.1) is 11.3 Å². The molecular weight excluding hydrogens is 417 g/mol. The zero-order chi connectivity index (χ0) is 20.2. The molecule has 0 spiro atoms. The van der Waals surface area contributed by atoms with E-state index in [0.717, 1.165) is 23.9 Å². The molecular formula is C18H16ClF3N2OS2. The Morgan fingerprint density at radius 2 is 1.81 bits per heavy atom. The first-order valence-electron chi connectivity index (χ1n) is 7.70. The van der Waals surface area contributed by atoms with Crippen molar-refractivity contribution in [1.82, 2.24) is 4.90 Å². The minimum absolute atomic E-state index is 0.0666. The van der Waals surface area contributed by atoms with Crippen molar-refractivity contribution in [2.75, 3.05) is 19.4 Å². The monoisotopic (exact) mass is 432 g/mol. The Balaban J connectivity index is 2.36. The summed E-state index contributed by atoms with van der Waals surface area (Å²) in [6, 6.07) is 11.9. The number of hydrogen-bond acceptors (Lipinski definition) is 3. The fourth-order valence-electron chi connectivity index (χ4n) is 2.17. The lowest BCUT2D eigenvalue weighted by atomic mass is 10.1. The molecule has 1 atom stereocenters. The lowest BCUT2D eigenvalue weighted by Crippen LogP contribution is -2.25. The number of anilines is 1. The van der Waals surface area contributed by atoms with Gasteiger partial charge in [-0.3, -0.25) is 4.79 Å². The van der Waals surface area contributed by atoms with Gasteiger partial charge in [-0.15, -0.1) is 0 Å². The molecule has 0 saturated heterocycles. The fourth-order valence-corrected chi connectivity index (χ4v) is 3.50. The van der Waals surface area contributed by atoms with E-state index in [1.165, 1.54) is 6.07 Å². The van der Waals surface area contributed by atoms with Crippen molar-refractivity contribution in [2.24, 2.45) is 0 Å². The molecule has 0 heterocycles. The number of halogens is 4. The molecule has 0 radical (unpaired) electrons. The minimum atomic E-state index is -4.65. The average molecular weight is 433 g/mol. The van der Waals surface area contributed by atoms with Crippen molar-refractivity contribution in [3.05, 3.63) is 64.7 Å². The van der Waals surface area contributed by atoms with Crippen LogP contribution in [0.5, 0.6) is 0 Å². The van der Waals surface area contributed by atoms with Gasteiger partial charge in [0.2, 0.25) is 5.91 Å². The smallest absolute Gasteiger partial charge is 0.364 e. The molecule has 0 aliphatic carbocycles. The van der Waals surface area contributed by atoms with Crippen molar-refractivity contribution in [3.8, 4) is 0 Å². The molecule has 0 aliphatic heterocycles. The summed E-state index contributed by atoms with van der Waals surface area (Å²) >= 11 is 12.0. The molecule has 0 aromatic heterocycles. The van der Waals surface area contributed by atoms with Crippen LogP contribution in [0.3, 0.4) is 0 Å². The largest absolute Gasteiger partial charge is 0.418 e. The maximum atomic E-state index is 13.3. The number of thioether (sulfide) groups is 1. The highest BCUT2D eigenvalue weighted by atomic mass is 35.5. The van der Waals surface area contributed by atoms with Gasteiger partial charge in [0.15, 0.2) is 0 Å². The van der Waals surface area contributed by atoms with E-state index in [0.29, 0.717) is 9.88 Å². The topological polar surface area (TPSA) is 32.3 Å². The molecule has 27 heavy (non-hydrogen) atoms. The predicted octanol–water partition coefficient (Wildman–Crippen LogP) is 5.62. The number of alkyl halides is 3. The van der Waals surface area contributed by atoms with Gasteiger partial charge in [-0.05, 0) is 23.8 Å². The third-order valence-electron chi connectivity index (χ3n) is 3.47. The molecule has 0 fully saturated rings. The molecule has 144 valence electrons. The van der Waals surface area contributed by atoms with Crippen LogP contribution in [0.25, 0.3) is 0 Å². The van der Waals surface area contributed by atoms with Crippen LogP contribution in [0.1, 0.15) is 16.4 Å². The van der Waals surface area contributed by atoms with E-state index in [1.807, 2.05) is 0 Å². The third-order valence-corrected chi connectivity index (χ3v) is 5.65. The van der Waals surface area contributed by atoms with E-state index in [4.69, 9.17) is 23.8 Å². The number of thiocarbonyl (C=S) groups is 1. The number of nitrogens with zero attached hydrogens (tertiary/aromatic N) is 1. The number of benzene rings is 2. The Bertz CT molecular complexity index is 829. The van der Waals surface area contributed by atoms with Crippen LogP contribution >= 0.6 is 35.6 Å². The van der Waals surface area contributed by atoms with Gasteiger partial charge in [0.25, 0.3) is 0 Å². The summed E-state index contributed by atoms with van der Waals surface area (Å²) in [5.41, 5.74) is -0.726. The van der Waals surface area contributed by atoms with Crippen LogP contribution in [0.15, 0.2) is 48.5 Å². The molecule has 9 heteroatoms. The molecule has 1 N–H and O–H groups in total. The van der Waals surface area contributed by atoms with Crippen molar-refractivity contribution in [2.45, 2.75) is 11.4 Å². The number of nitrogens with one attached hydrogen (secondary N) is 1. The van der Waals surface area contributed by atoms with Crippen molar-refractivity contribution in [1.29, 1.82) is 0 Å². The zero-order valence-electron chi connectivity index (χ0n) is 14.4. The third kappa shape index (κ3) is 5.85. The van der Waals surface area contributed by atoms with E-state index >= 15 is 0 Å². The molecule has 0 aliphatic rings. The molecule has 1 amide bonds. The van der Waals surface area contributed by atoms with Crippen LogP contribution in [0, 0.1) is 0 Å². The normalized spacial score (nSPS) is 12.4. The van der Waals surface area contributed by atoms with Crippen molar-refractivity contribution in [3.63, 3.8) is 0 Å². The second-order valence-corrected chi connectivity index (χ2v) is 7.92. The number of carbonyl (C=O) groups excluding carboxylic acids is 1. The van der Waals surface area contributed by atoms with Crippen LogP contribution < -0.4 is 5.32 Å². The van der Waals surface area contributed by atoms with Gasteiger partial charge in [0.1, 0.15) is 9.57 Å². The van der Waals surface area contributed by atoms with Crippen LogP contribution in [-0.4, -0.2) is 29.2 Å². The molecule has 3 nitrogen and oxygen atoms in total. The Labute approximate surface area is 169 Å².